The maximum absolute atomic E-state index is 10.2. The van der Waals surface area contributed by atoms with Crippen molar-refractivity contribution >= 4 is 12.0 Å². The van der Waals surface area contributed by atoms with Crippen LogP contribution in [0.1, 0.15) is 38.5 Å². The summed E-state index contributed by atoms with van der Waals surface area (Å²) in [6, 6.07) is 0. The normalized spacial score (nSPS) is 13.6. The monoisotopic (exact) mass is 210 g/mol. The van der Waals surface area contributed by atoms with E-state index in [1.165, 1.54) is 6.08 Å². The van der Waals surface area contributed by atoms with E-state index in [4.69, 9.17) is 9.52 Å². The van der Waals surface area contributed by atoms with Crippen molar-refractivity contribution in [3.8, 4) is 0 Å². The van der Waals surface area contributed by atoms with Gasteiger partial charge in [-0.3, -0.25) is 0 Å². The summed E-state index contributed by atoms with van der Waals surface area (Å²) < 4.78 is 5.28. The second-order valence-corrected chi connectivity index (χ2v) is 3.68. The quantitative estimate of drug-likeness (QED) is 0.768. The van der Waals surface area contributed by atoms with Gasteiger partial charge >= 0.3 is 5.97 Å². The zero-order valence-corrected chi connectivity index (χ0v) is 8.97. The van der Waals surface area contributed by atoms with Gasteiger partial charge in [0.15, 0.2) is 0 Å². The standard InChI is InChI=1S/C10H14N2O3/c1-6(2)7(3)10-12-11-8(15-10)4-5-9(13)14/h4-7H,1-3H3,(H,13,14)/b5-4+. The van der Waals surface area contributed by atoms with E-state index < -0.39 is 5.97 Å². The highest BCUT2D eigenvalue weighted by atomic mass is 16.4. The van der Waals surface area contributed by atoms with Gasteiger partial charge in [0.2, 0.25) is 11.8 Å². The van der Waals surface area contributed by atoms with Gasteiger partial charge in [0.25, 0.3) is 0 Å². The first-order valence-corrected chi connectivity index (χ1v) is 4.75. The van der Waals surface area contributed by atoms with E-state index >= 15 is 0 Å². The summed E-state index contributed by atoms with van der Waals surface area (Å²) in [7, 11) is 0. The summed E-state index contributed by atoms with van der Waals surface area (Å²) >= 11 is 0. The van der Waals surface area contributed by atoms with Crippen molar-refractivity contribution in [1.82, 2.24) is 10.2 Å². The van der Waals surface area contributed by atoms with E-state index in [1.54, 1.807) is 0 Å². The molecule has 0 aliphatic carbocycles. The van der Waals surface area contributed by atoms with E-state index in [9.17, 15) is 4.79 Å². The Morgan fingerprint density at radius 3 is 2.60 bits per heavy atom. The van der Waals surface area contributed by atoms with Crippen molar-refractivity contribution in [1.29, 1.82) is 0 Å². The third-order valence-corrected chi connectivity index (χ3v) is 2.21. The van der Waals surface area contributed by atoms with Crippen molar-refractivity contribution in [3.05, 3.63) is 17.9 Å². The zero-order valence-electron chi connectivity index (χ0n) is 8.97. The SMILES string of the molecule is CC(C)C(C)c1nnc(/C=C/C(=O)O)o1. The molecule has 82 valence electrons. The number of nitrogens with zero attached hydrogens (tertiary/aromatic N) is 2. The molecule has 1 unspecified atom stereocenters. The van der Waals surface area contributed by atoms with Gasteiger partial charge in [-0.25, -0.2) is 4.79 Å². The molecule has 0 saturated carbocycles. The molecule has 1 aromatic rings. The summed E-state index contributed by atoms with van der Waals surface area (Å²) in [6.45, 7) is 6.10. The summed E-state index contributed by atoms with van der Waals surface area (Å²) in [5.41, 5.74) is 0. The third kappa shape index (κ3) is 3.19. The average molecular weight is 210 g/mol. The second kappa shape index (κ2) is 4.72. The van der Waals surface area contributed by atoms with Gasteiger partial charge in [-0.05, 0) is 5.92 Å². The number of rotatable bonds is 4. The van der Waals surface area contributed by atoms with Crippen LogP contribution in [0.25, 0.3) is 6.08 Å². The minimum atomic E-state index is -1.04. The van der Waals surface area contributed by atoms with E-state index in [-0.39, 0.29) is 11.8 Å². The summed E-state index contributed by atoms with van der Waals surface area (Å²) in [5, 5.41) is 16.0. The van der Waals surface area contributed by atoms with Gasteiger partial charge in [0.1, 0.15) is 0 Å². The topological polar surface area (TPSA) is 76.2 Å². The fourth-order valence-electron chi connectivity index (χ4n) is 0.926. The maximum atomic E-state index is 10.2. The van der Waals surface area contributed by atoms with Crippen LogP contribution < -0.4 is 0 Å². The Hall–Kier alpha value is -1.65. The number of carboxylic acid groups (broad SMARTS) is 1. The molecule has 1 aromatic heterocycles. The van der Waals surface area contributed by atoms with Crippen LogP contribution in [0.4, 0.5) is 0 Å². The number of carboxylic acids is 1. The van der Waals surface area contributed by atoms with Crippen LogP contribution in [0.3, 0.4) is 0 Å². The van der Waals surface area contributed by atoms with Crippen molar-refractivity contribution in [2.75, 3.05) is 0 Å². The van der Waals surface area contributed by atoms with Crippen molar-refractivity contribution in [3.63, 3.8) is 0 Å². The molecular weight excluding hydrogens is 196 g/mol. The predicted molar refractivity (Wildman–Crippen MR) is 54.2 cm³/mol. The Kier molecular flexibility index (Phi) is 3.60. The van der Waals surface area contributed by atoms with Crippen LogP contribution in [-0.4, -0.2) is 21.3 Å². The Morgan fingerprint density at radius 2 is 2.07 bits per heavy atom. The van der Waals surface area contributed by atoms with Crippen LogP contribution in [0.15, 0.2) is 10.5 Å². The Balaban J connectivity index is 2.76. The molecule has 1 atom stereocenters. The molecule has 5 heteroatoms. The average Bonchev–Trinajstić information content (AvgIpc) is 2.61. The highest BCUT2D eigenvalue weighted by Crippen LogP contribution is 2.22. The first-order chi connectivity index (χ1) is 7.00. The maximum Gasteiger partial charge on any atom is 0.328 e. The highest BCUT2D eigenvalue weighted by Gasteiger charge is 2.16. The van der Waals surface area contributed by atoms with Crippen LogP contribution in [0.5, 0.6) is 0 Å². The summed E-state index contributed by atoms with van der Waals surface area (Å²) in [4.78, 5) is 10.2. The molecule has 5 nitrogen and oxygen atoms in total. The Morgan fingerprint density at radius 1 is 1.40 bits per heavy atom. The van der Waals surface area contributed by atoms with Gasteiger partial charge < -0.3 is 9.52 Å². The molecule has 0 saturated heterocycles. The van der Waals surface area contributed by atoms with Crippen LogP contribution in [0.2, 0.25) is 0 Å². The molecule has 0 bridgehead atoms. The van der Waals surface area contributed by atoms with Crippen molar-refractivity contribution in [2.45, 2.75) is 26.7 Å². The molecule has 0 radical (unpaired) electrons. The molecule has 15 heavy (non-hydrogen) atoms. The largest absolute Gasteiger partial charge is 0.478 e. The van der Waals surface area contributed by atoms with Gasteiger partial charge in [-0.1, -0.05) is 20.8 Å². The molecule has 1 rings (SSSR count). The summed E-state index contributed by atoms with van der Waals surface area (Å²) in [6.07, 6.45) is 2.25. The Bertz CT molecular complexity index is 368. The number of hydrogen-bond donors (Lipinski definition) is 1. The molecule has 1 heterocycles. The van der Waals surface area contributed by atoms with Gasteiger partial charge in [-0.2, -0.15) is 0 Å². The highest BCUT2D eigenvalue weighted by molar-refractivity contribution is 5.84. The lowest BCUT2D eigenvalue weighted by molar-refractivity contribution is -0.131. The van der Waals surface area contributed by atoms with E-state index in [0.29, 0.717) is 11.8 Å². The molecule has 0 aromatic carbocycles. The van der Waals surface area contributed by atoms with Gasteiger partial charge in [0, 0.05) is 18.1 Å². The lowest BCUT2D eigenvalue weighted by atomic mass is 9.98. The fraction of sp³-hybridized carbons (Fsp3) is 0.500. The van der Waals surface area contributed by atoms with Crippen LogP contribution >= 0.6 is 0 Å². The smallest absolute Gasteiger partial charge is 0.328 e. The van der Waals surface area contributed by atoms with E-state index in [0.717, 1.165) is 6.08 Å². The molecule has 0 aliphatic heterocycles. The predicted octanol–water partition coefficient (Wildman–Crippen LogP) is 1.93. The summed E-state index contributed by atoms with van der Waals surface area (Å²) in [5.74, 6) is 0.299. The van der Waals surface area contributed by atoms with Crippen molar-refractivity contribution < 1.29 is 14.3 Å². The fourth-order valence-corrected chi connectivity index (χ4v) is 0.926. The minimum Gasteiger partial charge on any atom is -0.478 e. The molecule has 0 aliphatic rings. The van der Waals surface area contributed by atoms with Gasteiger partial charge in [0.05, 0.1) is 0 Å². The molecular formula is C10H14N2O3. The number of aliphatic carboxylic acids is 1. The molecule has 0 spiro atoms. The number of hydrogen-bond acceptors (Lipinski definition) is 4. The Labute approximate surface area is 87.8 Å². The first-order valence-electron chi connectivity index (χ1n) is 4.75. The number of aromatic nitrogens is 2. The number of carbonyl (C=O) groups is 1. The van der Waals surface area contributed by atoms with Crippen LogP contribution in [0, 0.1) is 5.92 Å². The first kappa shape index (κ1) is 11.4. The van der Waals surface area contributed by atoms with Crippen LogP contribution in [-0.2, 0) is 4.79 Å². The van der Waals surface area contributed by atoms with E-state index in [2.05, 4.69) is 24.0 Å². The zero-order chi connectivity index (χ0) is 11.4. The molecule has 0 fully saturated rings. The van der Waals surface area contributed by atoms with Gasteiger partial charge in [-0.15, -0.1) is 10.2 Å². The van der Waals surface area contributed by atoms with Crippen molar-refractivity contribution in [2.24, 2.45) is 5.92 Å². The molecule has 1 N–H and O–H groups in total. The van der Waals surface area contributed by atoms with E-state index in [1.807, 2.05) is 6.92 Å². The lowest BCUT2D eigenvalue weighted by Crippen LogP contribution is -2.01. The second-order valence-electron chi connectivity index (χ2n) is 3.68. The third-order valence-electron chi connectivity index (χ3n) is 2.21. The molecule has 0 amide bonds. The minimum absolute atomic E-state index is 0.171. The lowest BCUT2D eigenvalue weighted by Gasteiger charge is -2.09.